The Balaban J connectivity index is 2.80. The van der Waals surface area contributed by atoms with Gasteiger partial charge in [-0.2, -0.15) is 5.26 Å². The van der Waals surface area contributed by atoms with E-state index in [-0.39, 0.29) is 0 Å². The van der Waals surface area contributed by atoms with Crippen LogP contribution in [0, 0.1) is 11.3 Å². The summed E-state index contributed by atoms with van der Waals surface area (Å²) in [6, 6.07) is 6.08. The first kappa shape index (κ1) is 9.17. The van der Waals surface area contributed by atoms with Gasteiger partial charge in [-0.1, -0.05) is 19.9 Å². The third kappa shape index (κ3) is 1.28. The van der Waals surface area contributed by atoms with Crippen LogP contribution in [-0.2, 0) is 0 Å². The van der Waals surface area contributed by atoms with Crippen molar-refractivity contribution in [3.8, 4) is 6.07 Å². The Morgan fingerprint density at radius 2 is 2.21 bits per heavy atom. The van der Waals surface area contributed by atoms with E-state index in [2.05, 4.69) is 24.9 Å². The predicted molar refractivity (Wildman–Crippen MR) is 58.4 cm³/mol. The lowest BCUT2D eigenvalue weighted by Crippen LogP contribution is -1.90. The van der Waals surface area contributed by atoms with Crippen molar-refractivity contribution in [2.24, 2.45) is 0 Å². The van der Waals surface area contributed by atoms with Crippen LogP contribution in [0.25, 0.3) is 10.2 Å². The molecular formula is C11H10N2S. The van der Waals surface area contributed by atoms with Crippen molar-refractivity contribution >= 4 is 21.6 Å². The Labute approximate surface area is 86.8 Å². The first-order valence-electron chi connectivity index (χ1n) is 4.50. The van der Waals surface area contributed by atoms with Gasteiger partial charge in [0, 0.05) is 0 Å². The lowest BCUT2D eigenvalue weighted by atomic mass is 10.0. The summed E-state index contributed by atoms with van der Waals surface area (Å²) in [6.45, 7) is 4.28. The van der Waals surface area contributed by atoms with Crippen LogP contribution in [0.15, 0.2) is 17.6 Å². The van der Waals surface area contributed by atoms with Gasteiger partial charge in [-0.05, 0) is 17.5 Å². The summed E-state index contributed by atoms with van der Waals surface area (Å²) in [7, 11) is 0. The maximum Gasteiger partial charge on any atom is 0.101 e. The van der Waals surface area contributed by atoms with Crippen LogP contribution in [0.5, 0.6) is 0 Å². The zero-order valence-corrected chi connectivity index (χ0v) is 8.93. The largest absolute Gasteiger partial charge is 0.244 e. The van der Waals surface area contributed by atoms with Gasteiger partial charge >= 0.3 is 0 Å². The molecule has 0 spiro atoms. The van der Waals surface area contributed by atoms with E-state index in [1.807, 2.05) is 12.1 Å². The number of aromatic nitrogens is 1. The minimum absolute atomic E-state index is 0.451. The molecule has 0 aliphatic rings. The van der Waals surface area contributed by atoms with E-state index >= 15 is 0 Å². The molecule has 0 fully saturated rings. The van der Waals surface area contributed by atoms with Crippen LogP contribution in [0.1, 0.15) is 30.9 Å². The summed E-state index contributed by atoms with van der Waals surface area (Å²) in [5.74, 6) is 0.451. The number of nitrogens with zero attached hydrogens (tertiary/aromatic N) is 2. The zero-order chi connectivity index (χ0) is 10.1. The molecule has 0 unspecified atom stereocenters. The van der Waals surface area contributed by atoms with E-state index in [0.717, 1.165) is 15.8 Å². The highest BCUT2D eigenvalue weighted by Gasteiger charge is 2.10. The van der Waals surface area contributed by atoms with Crippen LogP contribution in [0.3, 0.4) is 0 Å². The van der Waals surface area contributed by atoms with E-state index in [1.54, 1.807) is 5.51 Å². The first-order chi connectivity index (χ1) is 6.74. The molecule has 1 aromatic heterocycles. The lowest BCUT2D eigenvalue weighted by Gasteiger charge is -2.05. The molecule has 0 atom stereocenters. The molecule has 14 heavy (non-hydrogen) atoms. The number of hydrogen-bond acceptors (Lipinski definition) is 3. The first-order valence-corrected chi connectivity index (χ1v) is 5.38. The Kier molecular flexibility index (Phi) is 2.22. The number of thiazole rings is 1. The van der Waals surface area contributed by atoms with Gasteiger partial charge in [0.25, 0.3) is 0 Å². The van der Waals surface area contributed by atoms with Crippen molar-refractivity contribution in [1.82, 2.24) is 4.98 Å². The highest BCUT2D eigenvalue weighted by molar-refractivity contribution is 7.17. The lowest BCUT2D eigenvalue weighted by molar-refractivity contribution is 0.873. The van der Waals surface area contributed by atoms with Crippen LogP contribution in [0.2, 0.25) is 0 Å². The second-order valence-electron chi connectivity index (χ2n) is 3.50. The molecule has 1 heterocycles. The molecule has 0 saturated carbocycles. The Morgan fingerprint density at radius 3 is 2.86 bits per heavy atom. The highest BCUT2D eigenvalue weighted by atomic mass is 32.1. The minimum Gasteiger partial charge on any atom is -0.244 e. The second-order valence-corrected chi connectivity index (χ2v) is 4.35. The molecule has 0 radical (unpaired) electrons. The summed E-state index contributed by atoms with van der Waals surface area (Å²) in [4.78, 5) is 4.32. The maximum absolute atomic E-state index is 8.91. The van der Waals surface area contributed by atoms with Crippen LogP contribution in [0.4, 0.5) is 0 Å². The summed E-state index contributed by atoms with van der Waals surface area (Å²) in [5, 5.41) is 8.91. The Bertz CT molecular complexity index is 505. The molecule has 0 N–H and O–H groups in total. The molecule has 0 saturated heterocycles. The van der Waals surface area contributed by atoms with Gasteiger partial charge in [0.1, 0.15) is 6.07 Å². The van der Waals surface area contributed by atoms with Crippen molar-refractivity contribution in [3.05, 3.63) is 28.8 Å². The fourth-order valence-electron chi connectivity index (χ4n) is 1.52. The third-order valence-electron chi connectivity index (χ3n) is 2.26. The Hall–Kier alpha value is -1.40. The average Bonchev–Trinajstić information content (AvgIpc) is 2.64. The summed E-state index contributed by atoms with van der Waals surface area (Å²) >= 11 is 1.54. The van der Waals surface area contributed by atoms with Gasteiger partial charge in [-0.25, -0.2) is 4.98 Å². The molecule has 0 aliphatic heterocycles. The van der Waals surface area contributed by atoms with Crippen LogP contribution < -0.4 is 0 Å². The fraction of sp³-hybridized carbons (Fsp3) is 0.273. The monoisotopic (exact) mass is 202 g/mol. The van der Waals surface area contributed by atoms with Gasteiger partial charge in [0.2, 0.25) is 0 Å². The molecule has 2 aromatic rings. The third-order valence-corrected chi connectivity index (χ3v) is 3.12. The van der Waals surface area contributed by atoms with Crippen molar-refractivity contribution in [1.29, 1.82) is 5.26 Å². The number of nitriles is 1. The minimum atomic E-state index is 0.451. The maximum atomic E-state index is 8.91. The summed E-state index contributed by atoms with van der Waals surface area (Å²) in [6.07, 6.45) is 0. The van der Waals surface area contributed by atoms with Crippen molar-refractivity contribution in [3.63, 3.8) is 0 Å². The highest BCUT2D eigenvalue weighted by Crippen LogP contribution is 2.29. The van der Waals surface area contributed by atoms with Gasteiger partial charge in [0.05, 0.1) is 21.3 Å². The number of rotatable bonds is 1. The van der Waals surface area contributed by atoms with Crippen molar-refractivity contribution in [2.45, 2.75) is 19.8 Å². The van der Waals surface area contributed by atoms with E-state index in [0.29, 0.717) is 5.92 Å². The molecule has 3 heteroatoms. The molecule has 0 aliphatic carbocycles. The summed E-state index contributed by atoms with van der Waals surface area (Å²) < 4.78 is 1.01. The average molecular weight is 202 g/mol. The number of benzene rings is 1. The van der Waals surface area contributed by atoms with E-state index in [1.165, 1.54) is 16.9 Å². The van der Waals surface area contributed by atoms with Gasteiger partial charge in [-0.3, -0.25) is 0 Å². The normalized spacial score (nSPS) is 10.7. The molecule has 0 amide bonds. The molecule has 2 nitrogen and oxygen atoms in total. The molecular weight excluding hydrogens is 192 g/mol. The molecule has 1 aromatic carbocycles. The van der Waals surface area contributed by atoms with E-state index < -0.39 is 0 Å². The number of hydrogen-bond donors (Lipinski definition) is 0. The quantitative estimate of drug-likeness (QED) is 0.711. The SMILES string of the molecule is CC(C)c1ccc(C#N)c2scnc12. The van der Waals surface area contributed by atoms with Crippen LogP contribution in [-0.4, -0.2) is 4.98 Å². The smallest absolute Gasteiger partial charge is 0.101 e. The van der Waals surface area contributed by atoms with Gasteiger partial charge in [0.15, 0.2) is 0 Å². The second kappa shape index (κ2) is 3.39. The van der Waals surface area contributed by atoms with E-state index in [4.69, 9.17) is 5.26 Å². The molecule has 0 bridgehead atoms. The predicted octanol–water partition coefficient (Wildman–Crippen LogP) is 3.29. The van der Waals surface area contributed by atoms with Gasteiger partial charge < -0.3 is 0 Å². The van der Waals surface area contributed by atoms with Gasteiger partial charge in [-0.15, -0.1) is 11.3 Å². The van der Waals surface area contributed by atoms with Crippen molar-refractivity contribution in [2.75, 3.05) is 0 Å². The number of fused-ring (bicyclic) bond motifs is 1. The molecule has 2 rings (SSSR count). The molecule has 70 valence electrons. The van der Waals surface area contributed by atoms with E-state index in [9.17, 15) is 0 Å². The fourth-order valence-corrected chi connectivity index (χ4v) is 2.31. The zero-order valence-electron chi connectivity index (χ0n) is 8.11. The standard InChI is InChI=1S/C11H10N2S/c1-7(2)9-4-3-8(5-12)11-10(9)13-6-14-11/h3-4,6-7H,1-2H3. The van der Waals surface area contributed by atoms with Crippen molar-refractivity contribution < 1.29 is 0 Å². The summed E-state index contributed by atoms with van der Waals surface area (Å²) in [5.41, 5.74) is 4.74. The topological polar surface area (TPSA) is 36.7 Å². The Morgan fingerprint density at radius 1 is 1.43 bits per heavy atom. The van der Waals surface area contributed by atoms with Crippen LogP contribution >= 0.6 is 11.3 Å².